The van der Waals surface area contributed by atoms with Gasteiger partial charge in [-0.25, -0.2) is 9.78 Å². The Morgan fingerprint density at radius 2 is 1.87 bits per heavy atom. The van der Waals surface area contributed by atoms with E-state index in [0.29, 0.717) is 11.3 Å². The highest BCUT2D eigenvalue weighted by atomic mass is 32.1. The Morgan fingerprint density at radius 3 is 2.52 bits per heavy atom. The van der Waals surface area contributed by atoms with Crippen LogP contribution in [0.25, 0.3) is 10.4 Å². The number of carbonyl (C=O) groups is 2. The number of hydrogen-bond donors (Lipinski definition) is 2. The number of para-hydroxylation sites is 1. The lowest BCUT2D eigenvalue weighted by molar-refractivity contribution is 0.0690. The molecule has 0 atom stereocenters. The monoisotopic (exact) mass is 324 g/mol. The van der Waals surface area contributed by atoms with E-state index >= 15 is 0 Å². The van der Waals surface area contributed by atoms with Crippen LogP contribution < -0.4 is 5.32 Å². The van der Waals surface area contributed by atoms with Crippen LogP contribution in [0.5, 0.6) is 0 Å². The van der Waals surface area contributed by atoms with Gasteiger partial charge < -0.3 is 10.4 Å². The van der Waals surface area contributed by atoms with Crippen LogP contribution in [0, 0.1) is 0 Å². The number of nitrogens with one attached hydrogen (secondary N) is 1. The van der Waals surface area contributed by atoms with Crippen molar-refractivity contribution in [2.24, 2.45) is 0 Å². The lowest BCUT2D eigenvalue weighted by atomic mass is 10.1. The maximum atomic E-state index is 12.3. The van der Waals surface area contributed by atoms with Crippen LogP contribution in [-0.2, 0) is 0 Å². The molecule has 1 amide bonds. The molecule has 6 heteroatoms. The first-order valence-corrected chi connectivity index (χ1v) is 7.67. The molecular weight excluding hydrogens is 312 g/mol. The summed E-state index contributed by atoms with van der Waals surface area (Å²) >= 11 is 1.59. The molecule has 114 valence electrons. The topological polar surface area (TPSA) is 79.3 Å². The molecular formula is C17H12N2O3S. The summed E-state index contributed by atoms with van der Waals surface area (Å²) in [6.07, 6.45) is 1.26. The second-order valence-corrected chi connectivity index (χ2v) is 5.66. The molecule has 0 aliphatic carbocycles. The normalized spacial score (nSPS) is 10.3. The van der Waals surface area contributed by atoms with E-state index in [1.54, 1.807) is 11.3 Å². The Hall–Kier alpha value is -2.99. The van der Waals surface area contributed by atoms with Crippen LogP contribution in [0.3, 0.4) is 0 Å². The zero-order chi connectivity index (χ0) is 16.2. The van der Waals surface area contributed by atoms with Gasteiger partial charge in [0, 0.05) is 22.3 Å². The average molecular weight is 324 g/mol. The zero-order valence-corrected chi connectivity index (χ0v) is 12.7. The molecule has 5 nitrogen and oxygen atoms in total. The first-order valence-electron chi connectivity index (χ1n) is 6.79. The van der Waals surface area contributed by atoms with Crippen LogP contribution in [0.15, 0.2) is 60.1 Å². The van der Waals surface area contributed by atoms with E-state index in [1.807, 2.05) is 41.8 Å². The van der Waals surface area contributed by atoms with Crippen molar-refractivity contribution in [2.75, 3.05) is 5.32 Å². The highest BCUT2D eigenvalue weighted by Crippen LogP contribution is 2.31. The van der Waals surface area contributed by atoms with Crippen LogP contribution in [0.1, 0.15) is 20.8 Å². The Kier molecular flexibility index (Phi) is 4.16. The first kappa shape index (κ1) is 14.9. The molecule has 3 rings (SSSR count). The zero-order valence-electron chi connectivity index (χ0n) is 11.9. The standard InChI is InChI=1S/C17H12N2O3S/c20-16(11-7-8-14(17(21)22)18-10-11)19-13-5-2-1-4-12(13)15-6-3-9-23-15/h1-10H,(H,19,20)(H,21,22). The summed E-state index contributed by atoms with van der Waals surface area (Å²) in [4.78, 5) is 27.9. The van der Waals surface area contributed by atoms with Crippen molar-refractivity contribution >= 4 is 28.9 Å². The minimum atomic E-state index is -1.13. The van der Waals surface area contributed by atoms with Crippen LogP contribution in [0.4, 0.5) is 5.69 Å². The maximum absolute atomic E-state index is 12.3. The molecule has 0 spiro atoms. The molecule has 0 saturated carbocycles. The predicted molar refractivity (Wildman–Crippen MR) is 88.9 cm³/mol. The van der Waals surface area contributed by atoms with Gasteiger partial charge in [0.15, 0.2) is 0 Å². The summed E-state index contributed by atoms with van der Waals surface area (Å²) in [6, 6.07) is 14.2. The van der Waals surface area contributed by atoms with Crippen molar-refractivity contribution in [3.8, 4) is 10.4 Å². The molecule has 0 radical (unpaired) electrons. The van der Waals surface area contributed by atoms with E-state index in [-0.39, 0.29) is 11.6 Å². The SMILES string of the molecule is O=C(Nc1ccccc1-c1cccs1)c1ccc(C(=O)O)nc1. The van der Waals surface area contributed by atoms with Gasteiger partial charge in [0.1, 0.15) is 5.69 Å². The van der Waals surface area contributed by atoms with Gasteiger partial charge >= 0.3 is 5.97 Å². The molecule has 1 aromatic carbocycles. The van der Waals surface area contributed by atoms with Gasteiger partial charge in [0.2, 0.25) is 0 Å². The van der Waals surface area contributed by atoms with E-state index in [9.17, 15) is 9.59 Å². The van der Waals surface area contributed by atoms with Crippen molar-refractivity contribution in [2.45, 2.75) is 0 Å². The number of pyridine rings is 1. The summed E-state index contributed by atoms with van der Waals surface area (Å²) in [5.74, 6) is -1.46. The van der Waals surface area contributed by atoms with Crippen molar-refractivity contribution in [3.05, 3.63) is 71.4 Å². The molecule has 23 heavy (non-hydrogen) atoms. The van der Waals surface area contributed by atoms with E-state index in [2.05, 4.69) is 10.3 Å². The van der Waals surface area contributed by atoms with Gasteiger partial charge in [-0.05, 0) is 29.6 Å². The van der Waals surface area contributed by atoms with Gasteiger partial charge in [-0.2, -0.15) is 0 Å². The largest absolute Gasteiger partial charge is 0.477 e. The Labute approximate surface area is 136 Å². The third kappa shape index (κ3) is 3.27. The second-order valence-electron chi connectivity index (χ2n) is 4.71. The predicted octanol–water partition coefficient (Wildman–Crippen LogP) is 3.76. The molecule has 0 unspecified atom stereocenters. The molecule has 0 fully saturated rings. The van der Waals surface area contributed by atoms with E-state index in [4.69, 9.17) is 5.11 Å². The summed E-state index contributed by atoms with van der Waals surface area (Å²) in [7, 11) is 0. The highest BCUT2D eigenvalue weighted by Gasteiger charge is 2.12. The van der Waals surface area contributed by atoms with Gasteiger partial charge in [0.05, 0.1) is 5.56 Å². The number of aromatic carboxylic acids is 1. The fourth-order valence-electron chi connectivity index (χ4n) is 2.09. The molecule has 0 bridgehead atoms. The number of rotatable bonds is 4. The summed E-state index contributed by atoms with van der Waals surface area (Å²) in [5.41, 5.74) is 1.84. The van der Waals surface area contributed by atoms with Crippen LogP contribution in [-0.4, -0.2) is 22.0 Å². The number of amides is 1. The number of aromatic nitrogens is 1. The van der Waals surface area contributed by atoms with E-state index in [1.165, 1.54) is 18.3 Å². The fraction of sp³-hybridized carbons (Fsp3) is 0. The Balaban J connectivity index is 1.85. The number of hydrogen-bond acceptors (Lipinski definition) is 4. The lowest BCUT2D eigenvalue weighted by Gasteiger charge is -2.10. The minimum Gasteiger partial charge on any atom is -0.477 e. The third-order valence-electron chi connectivity index (χ3n) is 3.21. The summed E-state index contributed by atoms with van der Waals surface area (Å²) < 4.78 is 0. The fourth-order valence-corrected chi connectivity index (χ4v) is 2.85. The molecule has 2 N–H and O–H groups in total. The first-order chi connectivity index (χ1) is 11.1. The Morgan fingerprint density at radius 1 is 1.04 bits per heavy atom. The van der Waals surface area contributed by atoms with Crippen molar-refractivity contribution in [1.29, 1.82) is 0 Å². The molecule has 0 aliphatic rings. The average Bonchev–Trinajstić information content (AvgIpc) is 3.09. The molecule has 2 heterocycles. The van der Waals surface area contributed by atoms with E-state index in [0.717, 1.165) is 10.4 Å². The minimum absolute atomic E-state index is 0.0967. The number of anilines is 1. The summed E-state index contributed by atoms with van der Waals surface area (Å²) in [6.45, 7) is 0. The van der Waals surface area contributed by atoms with Crippen LogP contribution >= 0.6 is 11.3 Å². The number of thiophene rings is 1. The number of carboxylic acids is 1. The lowest BCUT2D eigenvalue weighted by Crippen LogP contribution is -2.13. The second kappa shape index (κ2) is 6.41. The maximum Gasteiger partial charge on any atom is 0.354 e. The summed E-state index contributed by atoms with van der Waals surface area (Å²) in [5, 5.41) is 13.6. The Bertz CT molecular complexity index is 843. The van der Waals surface area contributed by atoms with E-state index < -0.39 is 5.97 Å². The smallest absolute Gasteiger partial charge is 0.354 e. The highest BCUT2D eigenvalue weighted by molar-refractivity contribution is 7.13. The van der Waals surface area contributed by atoms with Gasteiger partial charge in [-0.3, -0.25) is 4.79 Å². The van der Waals surface area contributed by atoms with Gasteiger partial charge in [-0.15, -0.1) is 11.3 Å². The number of nitrogens with zero attached hydrogens (tertiary/aromatic N) is 1. The third-order valence-corrected chi connectivity index (χ3v) is 4.11. The molecule has 3 aromatic rings. The number of carbonyl (C=O) groups excluding carboxylic acids is 1. The quantitative estimate of drug-likeness (QED) is 0.766. The van der Waals surface area contributed by atoms with Gasteiger partial charge in [0.25, 0.3) is 5.91 Å². The molecule has 0 saturated heterocycles. The molecule has 2 aromatic heterocycles. The van der Waals surface area contributed by atoms with Crippen LogP contribution in [0.2, 0.25) is 0 Å². The van der Waals surface area contributed by atoms with Crippen molar-refractivity contribution in [1.82, 2.24) is 4.98 Å². The molecule has 0 aliphatic heterocycles. The van der Waals surface area contributed by atoms with Crippen molar-refractivity contribution < 1.29 is 14.7 Å². The number of benzene rings is 1. The van der Waals surface area contributed by atoms with Crippen molar-refractivity contribution in [3.63, 3.8) is 0 Å². The number of carboxylic acid groups (broad SMARTS) is 1. The van der Waals surface area contributed by atoms with Gasteiger partial charge in [-0.1, -0.05) is 24.3 Å².